The van der Waals surface area contributed by atoms with Crippen LogP contribution in [-0.4, -0.2) is 234 Å². The number of amides is 4. The molecule has 140 heavy (non-hydrogen) atoms. The molecule has 12 aromatic rings. The first-order valence-corrected chi connectivity index (χ1v) is 51.3. The Morgan fingerprint density at radius 1 is 0.357 bits per heavy atom. The lowest BCUT2D eigenvalue weighted by Crippen LogP contribution is -2.42. The van der Waals surface area contributed by atoms with Crippen molar-refractivity contribution in [3.63, 3.8) is 0 Å². The van der Waals surface area contributed by atoms with Gasteiger partial charge in [0.25, 0.3) is 23.6 Å². The summed E-state index contributed by atoms with van der Waals surface area (Å²) in [5, 5.41) is 16.7. The number of pyridine rings is 4. The molecule has 2 unspecified atom stereocenters. The summed E-state index contributed by atoms with van der Waals surface area (Å²) in [5.41, 5.74) is 8.84. The number of sulfonamides is 1. The summed E-state index contributed by atoms with van der Waals surface area (Å²) in [5.74, 6) is -2.60. The van der Waals surface area contributed by atoms with Crippen molar-refractivity contribution in [1.29, 1.82) is 0 Å². The minimum Gasteiger partial charge on any atom is -0.489 e. The summed E-state index contributed by atoms with van der Waals surface area (Å²) >= 11 is 0. The van der Waals surface area contributed by atoms with E-state index in [4.69, 9.17) is 37.9 Å². The molecule has 0 spiro atoms. The van der Waals surface area contributed by atoms with Gasteiger partial charge in [0, 0.05) is 128 Å². The monoisotopic (exact) mass is 2010 g/mol. The zero-order valence-electron chi connectivity index (χ0n) is 77.9. The molecule has 744 valence electrons. The van der Waals surface area contributed by atoms with Crippen LogP contribution in [0, 0.1) is 23.3 Å². The van der Waals surface area contributed by atoms with Gasteiger partial charge in [-0.05, 0) is 191 Å². The quantitative estimate of drug-likeness (QED) is 0.0515. The molecule has 8 aliphatic heterocycles. The van der Waals surface area contributed by atoms with E-state index in [1.54, 1.807) is 56.0 Å². The highest BCUT2D eigenvalue weighted by atomic mass is 32.2. The van der Waals surface area contributed by atoms with E-state index in [-0.39, 0.29) is 76.0 Å². The van der Waals surface area contributed by atoms with Gasteiger partial charge in [-0.25, -0.2) is 62.9 Å². The van der Waals surface area contributed by atoms with Gasteiger partial charge >= 0.3 is 30.6 Å². The van der Waals surface area contributed by atoms with Crippen LogP contribution >= 0.6 is 0 Å². The van der Waals surface area contributed by atoms with E-state index in [1.807, 2.05) is 58.0 Å². The van der Waals surface area contributed by atoms with E-state index in [1.165, 1.54) is 123 Å². The lowest BCUT2D eigenvalue weighted by molar-refractivity contribution is 0.0972. The van der Waals surface area contributed by atoms with Crippen molar-refractivity contribution in [2.45, 2.75) is 121 Å². The topological polar surface area (TPSA) is 419 Å². The van der Waals surface area contributed by atoms with Crippen molar-refractivity contribution in [3.8, 4) is 46.0 Å². The summed E-state index contributed by atoms with van der Waals surface area (Å²) in [4.78, 5) is 59.6. The third-order valence-corrected chi connectivity index (χ3v) is 31.7. The first-order chi connectivity index (χ1) is 66.8. The first-order valence-electron chi connectivity index (χ1n) is 45.5. The van der Waals surface area contributed by atoms with Crippen LogP contribution in [0.5, 0.6) is 46.0 Å². The minimum absolute atomic E-state index is 0.0933. The zero-order valence-corrected chi connectivity index (χ0v) is 81.2. The molecule has 0 saturated carbocycles. The number of nitrogens with zero attached hydrogens (tertiary/aromatic N) is 15. The second-order valence-electron chi connectivity index (χ2n) is 35.6. The molecule has 4 saturated heterocycles. The molecule has 20 rings (SSSR count). The number of hydrogen-bond donors (Lipinski definition) is 4. The molecule has 4 aromatic carbocycles. The van der Waals surface area contributed by atoms with E-state index in [0.29, 0.717) is 111 Å². The van der Waals surface area contributed by atoms with Crippen LogP contribution in [0.25, 0.3) is 22.1 Å². The Morgan fingerprint density at radius 2 is 0.607 bits per heavy atom. The van der Waals surface area contributed by atoms with Crippen molar-refractivity contribution in [3.05, 3.63) is 214 Å². The van der Waals surface area contributed by atoms with Crippen LogP contribution in [0.15, 0.2) is 147 Å². The fourth-order valence-electron chi connectivity index (χ4n) is 17.8. The van der Waals surface area contributed by atoms with Crippen LogP contribution in [0.2, 0.25) is 0 Å². The lowest BCUT2D eigenvalue weighted by atomic mass is 10.0. The lowest BCUT2D eigenvalue weighted by Gasteiger charge is -2.28. The maximum Gasteiger partial charge on any atom is 0.303 e. The molecule has 0 bridgehead atoms. The first kappa shape index (κ1) is 98.1. The number of rotatable bonds is 20. The Morgan fingerprint density at radius 3 is 0.879 bits per heavy atom. The maximum absolute atomic E-state index is 14.9. The fourth-order valence-corrected chi connectivity index (χ4v) is 20.3. The summed E-state index contributed by atoms with van der Waals surface area (Å²) in [6.45, 7) is 12.5. The Hall–Kier alpha value is -13.5. The number of carbonyl (C=O) groups excluding carboxylic acids is 4. The Labute approximate surface area is 804 Å². The van der Waals surface area contributed by atoms with Gasteiger partial charge in [-0.2, -0.15) is 58.6 Å². The summed E-state index contributed by atoms with van der Waals surface area (Å²) < 4.78 is 218. The highest BCUT2D eigenvalue weighted by molar-refractivity contribution is 7.91. The van der Waals surface area contributed by atoms with E-state index in [2.05, 4.69) is 49.4 Å². The second-order valence-corrected chi connectivity index (χ2v) is 43.6. The SMILES string of the molecule is CC(C)(C)S(=O)(=O)NC(=O)c1cnn2ccc(N3CCCC3c3cc(F)c4c(c3)OCCO4)cc12.CCN(C)S(=O)(=O)NC(=O)c1cnn2ccc(N3CCC[C@@H]3c3cc(F)c4c(c3)OCCCO4)cc12.CN(C)S(=O)(=O)NC(=O)c1cnn2ccc(N3CCCC3c3cc(F)c4c(c3)OCCO4)cc12.CN(C)S(=O)(=O)NC(=O)c1cnn2ccc(N3CCC[C@@H]3c3cc(F)c4c(c3)OCCCO4)cc12. The van der Waals surface area contributed by atoms with Crippen molar-refractivity contribution in [2.75, 3.05) is 140 Å². The number of ether oxygens (including phenoxy) is 8. The Bertz CT molecular complexity index is 7290. The summed E-state index contributed by atoms with van der Waals surface area (Å²) in [6, 6.07) is 27.6. The molecule has 0 aliphatic carbocycles. The average molecular weight is 2010 g/mol. The van der Waals surface area contributed by atoms with Gasteiger partial charge in [-0.1, -0.05) is 6.92 Å². The van der Waals surface area contributed by atoms with Gasteiger partial charge in [0.05, 0.1) is 124 Å². The van der Waals surface area contributed by atoms with Gasteiger partial charge < -0.3 is 57.5 Å². The van der Waals surface area contributed by atoms with Gasteiger partial charge in [-0.3, -0.25) is 19.2 Å². The van der Waals surface area contributed by atoms with Crippen molar-refractivity contribution < 1.29 is 108 Å². The van der Waals surface area contributed by atoms with Gasteiger partial charge in [0.15, 0.2) is 69.3 Å². The third-order valence-electron chi connectivity index (χ3n) is 25.3. The van der Waals surface area contributed by atoms with Gasteiger partial charge in [0.1, 0.15) is 26.4 Å². The van der Waals surface area contributed by atoms with Crippen LogP contribution in [-0.2, 0) is 40.7 Å². The van der Waals surface area contributed by atoms with E-state index in [9.17, 15) is 70.4 Å². The normalized spacial score (nSPS) is 18.1. The van der Waals surface area contributed by atoms with Crippen molar-refractivity contribution >= 4 is 109 Å². The number of carbonyl (C=O) groups is 4. The molecule has 8 aromatic heterocycles. The summed E-state index contributed by atoms with van der Waals surface area (Å²) in [6.07, 6.45) is 20.5. The molecule has 4 atom stereocenters. The van der Waals surface area contributed by atoms with Crippen molar-refractivity contribution in [2.24, 2.45) is 0 Å². The van der Waals surface area contributed by atoms with Gasteiger partial charge in [-0.15, -0.1) is 0 Å². The number of aromatic nitrogens is 8. The predicted octanol–water partition coefficient (Wildman–Crippen LogP) is 11.0. The fraction of sp³-hybridized carbons (Fsp3) is 0.398. The maximum atomic E-state index is 14.9. The molecule has 8 aliphatic rings. The number of fused-ring (bicyclic) bond motifs is 8. The molecule has 4 amide bonds. The summed E-state index contributed by atoms with van der Waals surface area (Å²) in [7, 11) is -9.02. The van der Waals surface area contributed by atoms with Crippen LogP contribution in [0.3, 0.4) is 0 Å². The Kier molecular flexibility index (Phi) is 28.1. The van der Waals surface area contributed by atoms with Crippen LogP contribution < -0.4 is 76.4 Å². The number of anilines is 4. The standard InChI is InChI=1S/C24H28FN5O5S.C24H27FN4O5S.C23H26FN5O5S.C22H24FN5O5S/c1-3-28(2)36(32,33)27-24(31)18-15-26-30-9-7-17(14-21(18)30)29-8-4-6-20(29)16-12-19(25)23-22(13-16)34-10-5-11-35-23;1-24(2,3)35(31,32)27-23(30)17-14-26-29-8-6-16(13-20(17)29)28-7-4-5-19(28)15-11-18(25)22-21(12-15)33-9-10-34-22;1-27(2)35(31,32)26-23(30)17-14-25-29-8-6-16(13-20(17)29)28-7-3-5-19(28)15-11-18(24)22-21(12-15)33-9-4-10-34-22;1-26(2)34(30,31)25-22(29)16-13-24-28-7-5-15(12-19(16)28)27-6-3-4-18(27)14-10-17(23)21-20(11-14)32-8-9-33-21/h7,9,12-15,20H,3-6,8,10-11H2,1-2H3,(H,27,31);6,8,11-14,19H,4-5,7,9-10H2,1-3H3,(H,27,30);6,8,11-14,19H,3-5,7,9-10H2,1-2H3,(H,26,30);5,7,10-13,18H,3-4,6,8-9H2,1-2H3,(H,25,29)/t20-;;19-;/m1.1./s1. The highest BCUT2D eigenvalue weighted by Crippen LogP contribution is 2.48. The van der Waals surface area contributed by atoms with Crippen LogP contribution in [0.1, 0.15) is 180 Å². The van der Waals surface area contributed by atoms with E-state index < -0.39 is 92.3 Å². The van der Waals surface area contributed by atoms with Crippen LogP contribution in [0.4, 0.5) is 40.3 Å². The average Bonchev–Trinajstić information content (AvgIpc) is 1.64. The molecule has 47 heteroatoms. The molecule has 4 N–H and O–H groups in total. The molecule has 0 radical (unpaired) electrons. The third kappa shape index (κ3) is 20.4. The number of nitrogens with one attached hydrogen (secondary N) is 4. The zero-order chi connectivity index (χ0) is 99.2. The smallest absolute Gasteiger partial charge is 0.303 e. The number of benzene rings is 4. The largest absolute Gasteiger partial charge is 0.489 e. The molecule has 16 heterocycles. The predicted molar refractivity (Wildman–Crippen MR) is 508 cm³/mol. The molecule has 4 fully saturated rings. The molecule has 39 nitrogen and oxygen atoms in total. The minimum atomic E-state index is -3.96. The van der Waals surface area contributed by atoms with Gasteiger partial charge in [0.2, 0.25) is 10.0 Å². The molecular formula is C93H105F4N19O20S4. The highest BCUT2D eigenvalue weighted by Gasteiger charge is 2.39. The van der Waals surface area contributed by atoms with E-state index in [0.717, 1.165) is 135 Å². The van der Waals surface area contributed by atoms with E-state index >= 15 is 0 Å². The van der Waals surface area contributed by atoms with Crippen molar-refractivity contribution in [1.82, 2.24) is 70.3 Å². The number of halogens is 4. The second kappa shape index (κ2) is 40.0. The number of hydrogen-bond acceptors (Lipinski definition) is 28. The molecular weight excluding hydrogens is 1910 g/mol. The Balaban J connectivity index is 0.000000129.